The van der Waals surface area contributed by atoms with Crippen molar-refractivity contribution < 1.29 is 29.3 Å². The lowest BCUT2D eigenvalue weighted by molar-refractivity contribution is -0.113. The van der Waals surface area contributed by atoms with Crippen molar-refractivity contribution in [3.63, 3.8) is 0 Å². The number of benzene rings is 4. The van der Waals surface area contributed by atoms with E-state index in [0.717, 1.165) is 50.9 Å². The van der Waals surface area contributed by atoms with Gasteiger partial charge in [0.05, 0.1) is 0 Å². The van der Waals surface area contributed by atoms with Crippen LogP contribution in [-0.4, -0.2) is 36.0 Å². The van der Waals surface area contributed by atoms with Gasteiger partial charge in [0, 0.05) is 36.5 Å². The minimum Gasteiger partial charge on any atom is -0.364 e. The summed E-state index contributed by atoms with van der Waals surface area (Å²) >= 11 is 0. The average Bonchev–Trinajstić information content (AvgIpc) is 3.18. The highest BCUT2D eigenvalue weighted by molar-refractivity contribution is 5.96. The van der Waals surface area contributed by atoms with Gasteiger partial charge in [-0.3, -0.25) is 9.59 Å². The van der Waals surface area contributed by atoms with Crippen LogP contribution >= 0.6 is 0 Å². The number of rotatable bonds is 14. The van der Waals surface area contributed by atoms with Crippen molar-refractivity contribution in [3.05, 3.63) is 170 Å². The van der Waals surface area contributed by atoms with Crippen LogP contribution in [-0.2, 0) is 14.3 Å². The zero-order valence-electron chi connectivity index (χ0n) is 29.9. The number of methoxy groups -OCH3 is 2. The molecule has 3 atom stereocenters. The molecule has 0 radical (unpaired) electrons. The van der Waals surface area contributed by atoms with Crippen molar-refractivity contribution >= 4 is 54.1 Å². The largest absolute Gasteiger partial charge is 0.364 e. The number of ether oxygens (including phenoxy) is 2. The Hall–Kier alpha value is -5.50. The topological polar surface area (TPSA) is 93.1 Å². The maximum Gasteiger partial charge on any atom is 0.180 e. The van der Waals surface area contributed by atoms with Gasteiger partial charge in [0.2, 0.25) is 0 Å². The van der Waals surface area contributed by atoms with Crippen LogP contribution in [0.1, 0.15) is 93.3 Å². The summed E-state index contributed by atoms with van der Waals surface area (Å²) in [4.78, 5) is 23.7. The van der Waals surface area contributed by atoms with Crippen LogP contribution in [0.3, 0.4) is 0 Å². The average molecular weight is 693 g/mol. The Kier molecular flexibility index (Phi) is 13.2. The molecule has 0 aromatic heterocycles. The van der Waals surface area contributed by atoms with Crippen molar-refractivity contribution in [2.45, 2.75) is 32.8 Å². The summed E-state index contributed by atoms with van der Waals surface area (Å²) in [5.74, 6) is 0.242. The summed E-state index contributed by atoms with van der Waals surface area (Å²) in [6.45, 7) is 3.15. The van der Waals surface area contributed by atoms with Crippen LogP contribution < -0.4 is 0 Å². The molecule has 4 aromatic carbocycles. The molecule has 5 rings (SSSR count). The van der Waals surface area contributed by atoms with Gasteiger partial charge < -0.3 is 19.7 Å². The van der Waals surface area contributed by atoms with Crippen molar-refractivity contribution in [2.75, 3.05) is 14.2 Å². The number of aliphatic hydroxyl groups excluding tert-OH is 2. The Balaban J connectivity index is 1.56. The quantitative estimate of drug-likeness (QED) is 0.0777. The van der Waals surface area contributed by atoms with Crippen LogP contribution in [0, 0.1) is 5.92 Å². The standard InChI is InChI=1S/C46H44O6/c1-31(47)37-17-5-33(6-18-37)13-25-41-29-43(27-15-35-9-21-39(22-10-35)45(49)51-3)44(28-16-36-11-23-40(24-12-36)46(50)52-4)30-42(41)26-14-34-7-19-38(20-8-34)32(2)48/h5-7,9-30,34,45-46,49-50H,8H2,1-4H3/b25-13+,26-14+,27-15+,28-16+. The van der Waals surface area contributed by atoms with Gasteiger partial charge in [-0.25, -0.2) is 0 Å². The Morgan fingerprint density at radius 2 is 1.04 bits per heavy atom. The number of hydrogen-bond acceptors (Lipinski definition) is 6. The fourth-order valence-corrected chi connectivity index (χ4v) is 5.72. The van der Waals surface area contributed by atoms with Crippen LogP contribution in [0.2, 0.25) is 0 Å². The molecule has 4 aromatic rings. The molecule has 0 amide bonds. The normalized spacial score (nSPS) is 15.9. The highest BCUT2D eigenvalue weighted by Gasteiger charge is 2.11. The van der Waals surface area contributed by atoms with E-state index < -0.39 is 12.6 Å². The first-order valence-corrected chi connectivity index (χ1v) is 17.2. The number of aliphatic hydroxyl groups is 2. The number of hydrogen-bond donors (Lipinski definition) is 2. The molecule has 52 heavy (non-hydrogen) atoms. The summed E-state index contributed by atoms with van der Waals surface area (Å²) in [6, 6.07) is 27.0. The molecule has 3 unspecified atom stereocenters. The van der Waals surface area contributed by atoms with Crippen molar-refractivity contribution in [1.82, 2.24) is 0 Å². The van der Waals surface area contributed by atoms with Gasteiger partial charge in [0.15, 0.2) is 24.1 Å². The van der Waals surface area contributed by atoms with E-state index >= 15 is 0 Å². The van der Waals surface area contributed by atoms with Crippen LogP contribution in [0.15, 0.2) is 115 Å². The SMILES string of the molecule is COC(O)c1ccc(/C=C/c2cc(/C=C/c3ccc(C(C)=O)cc3)c(/C=C/C3C=CC(C(C)=O)=CC3)cc2/C=C/c2ccc(C(O)OC)cc2)cc1. The smallest absolute Gasteiger partial charge is 0.180 e. The molecule has 2 N–H and O–H groups in total. The maximum absolute atomic E-state index is 11.9. The first kappa shape index (κ1) is 37.7. The molecule has 0 fully saturated rings. The molecular formula is C46H44O6. The van der Waals surface area contributed by atoms with Gasteiger partial charge in [-0.1, -0.05) is 140 Å². The number of Topliss-reactive ketones (excluding diaryl/α,β-unsaturated/α-hetero) is 2. The predicted molar refractivity (Wildman–Crippen MR) is 212 cm³/mol. The minimum absolute atomic E-state index is 0.0260. The van der Waals surface area contributed by atoms with E-state index in [-0.39, 0.29) is 17.5 Å². The molecule has 6 nitrogen and oxygen atoms in total. The number of carbonyl (C=O) groups excluding carboxylic acids is 2. The van der Waals surface area contributed by atoms with Gasteiger partial charge in [0.1, 0.15) is 0 Å². The number of ketones is 2. The van der Waals surface area contributed by atoms with E-state index in [1.54, 1.807) is 13.8 Å². The van der Waals surface area contributed by atoms with E-state index in [2.05, 4.69) is 48.6 Å². The van der Waals surface area contributed by atoms with Crippen LogP contribution in [0.4, 0.5) is 0 Å². The molecule has 0 saturated carbocycles. The monoisotopic (exact) mass is 692 g/mol. The first-order chi connectivity index (χ1) is 25.1. The van der Waals surface area contributed by atoms with Crippen LogP contribution in [0.5, 0.6) is 0 Å². The van der Waals surface area contributed by atoms with Gasteiger partial charge in [0.25, 0.3) is 0 Å². The van der Waals surface area contributed by atoms with Crippen molar-refractivity contribution in [2.24, 2.45) is 5.92 Å². The fourth-order valence-electron chi connectivity index (χ4n) is 5.72. The second kappa shape index (κ2) is 18.1. The fraction of sp³-hybridized carbons (Fsp3) is 0.174. The second-order valence-electron chi connectivity index (χ2n) is 12.6. The summed E-state index contributed by atoms with van der Waals surface area (Å²) in [5, 5.41) is 20.1. The minimum atomic E-state index is -0.980. The molecule has 6 heteroatoms. The number of carbonyl (C=O) groups is 2. The molecule has 0 bridgehead atoms. The van der Waals surface area contributed by atoms with Crippen LogP contribution in [0.25, 0.3) is 42.5 Å². The molecule has 1 aliphatic carbocycles. The Bertz CT molecular complexity index is 2040. The number of allylic oxidation sites excluding steroid dienone is 5. The highest BCUT2D eigenvalue weighted by atomic mass is 16.6. The lowest BCUT2D eigenvalue weighted by atomic mass is 9.92. The third kappa shape index (κ3) is 10.3. The Morgan fingerprint density at radius 1 is 0.615 bits per heavy atom. The third-order valence-corrected chi connectivity index (χ3v) is 8.92. The van der Waals surface area contributed by atoms with E-state index in [1.165, 1.54) is 14.2 Å². The van der Waals surface area contributed by atoms with E-state index in [4.69, 9.17) is 9.47 Å². The highest BCUT2D eigenvalue weighted by Crippen LogP contribution is 2.28. The zero-order valence-corrected chi connectivity index (χ0v) is 29.9. The molecule has 1 aliphatic rings. The molecule has 0 spiro atoms. The Morgan fingerprint density at radius 3 is 1.40 bits per heavy atom. The van der Waals surface area contributed by atoms with Gasteiger partial charge in [-0.15, -0.1) is 0 Å². The Labute approximate surface area is 306 Å². The van der Waals surface area contributed by atoms with E-state index in [0.29, 0.717) is 16.7 Å². The molecule has 0 saturated heterocycles. The lowest BCUT2D eigenvalue weighted by Crippen LogP contribution is -2.01. The zero-order chi connectivity index (χ0) is 37.0. The maximum atomic E-state index is 11.9. The molecule has 0 heterocycles. The van der Waals surface area contributed by atoms with E-state index in [1.807, 2.05) is 103 Å². The molecular weight excluding hydrogens is 649 g/mol. The van der Waals surface area contributed by atoms with Gasteiger partial charge in [-0.05, 0) is 77.3 Å². The van der Waals surface area contributed by atoms with E-state index in [9.17, 15) is 19.8 Å². The first-order valence-electron chi connectivity index (χ1n) is 17.2. The second-order valence-corrected chi connectivity index (χ2v) is 12.6. The summed E-state index contributed by atoms with van der Waals surface area (Å²) < 4.78 is 10.1. The van der Waals surface area contributed by atoms with Crippen molar-refractivity contribution in [3.8, 4) is 0 Å². The van der Waals surface area contributed by atoms with Crippen molar-refractivity contribution in [1.29, 1.82) is 0 Å². The molecule has 264 valence electrons. The van der Waals surface area contributed by atoms with Gasteiger partial charge in [-0.2, -0.15) is 0 Å². The summed E-state index contributed by atoms with van der Waals surface area (Å²) in [7, 11) is 2.93. The summed E-state index contributed by atoms with van der Waals surface area (Å²) in [5.41, 5.74) is 9.64. The summed E-state index contributed by atoms with van der Waals surface area (Å²) in [6.07, 6.45) is 21.4. The molecule has 0 aliphatic heterocycles. The lowest BCUT2D eigenvalue weighted by Gasteiger charge is -2.13. The van der Waals surface area contributed by atoms with Gasteiger partial charge >= 0.3 is 0 Å². The predicted octanol–water partition coefficient (Wildman–Crippen LogP) is 9.78. The third-order valence-electron chi connectivity index (χ3n) is 8.92.